The number of nitrogens with zero attached hydrogens (tertiary/aromatic N) is 1. The van der Waals surface area contributed by atoms with Crippen molar-refractivity contribution in [3.8, 4) is 21.6 Å². The van der Waals surface area contributed by atoms with Crippen molar-refractivity contribution in [1.29, 1.82) is 0 Å². The molecule has 0 amide bonds. The fraction of sp³-hybridized carbons (Fsp3) is 0.250. The first-order valence-electron chi connectivity index (χ1n) is 8.88. The quantitative estimate of drug-likeness (QED) is 0.494. The highest BCUT2D eigenvalue weighted by molar-refractivity contribution is 7.92. The largest absolute Gasteiger partial charge is 0.393 e. The van der Waals surface area contributed by atoms with Crippen LogP contribution in [0, 0.1) is 0 Å². The lowest BCUT2D eigenvalue weighted by Gasteiger charge is -2.21. The van der Waals surface area contributed by atoms with Crippen molar-refractivity contribution in [2.24, 2.45) is 0 Å². The standard InChI is InChI=1S/C20H21ClN2O5S2/c1-20(26,12-24)11-23-9-13(3-6-19(23)25)14-7-18(29-10-14)16-5-4-15(8-17(16)21)22-30(2,27)28/h3-10,22,24,26H,11-12H2,1-2H3. The highest BCUT2D eigenvalue weighted by Crippen LogP contribution is 2.37. The summed E-state index contributed by atoms with van der Waals surface area (Å²) in [5.74, 6) is 0. The van der Waals surface area contributed by atoms with Gasteiger partial charge in [-0.2, -0.15) is 0 Å². The molecular weight excluding hydrogens is 448 g/mol. The van der Waals surface area contributed by atoms with Crippen LogP contribution in [0.4, 0.5) is 5.69 Å². The number of benzene rings is 1. The first-order chi connectivity index (χ1) is 14.0. The molecule has 2 aromatic heterocycles. The van der Waals surface area contributed by atoms with Crippen molar-refractivity contribution < 1.29 is 18.6 Å². The average Bonchev–Trinajstić information content (AvgIpc) is 3.12. The molecule has 30 heavy (non-hydrogen) atoms. The average molecular weight is 469 g/mol. The van der Waals surface area contributed by atoms with Crippen molar-refractivity contribution in [2.75, 3.05) is 17.6 Å². The van der Waals surface area contributed by atoms with Gasteiger partial charge in [-0.25, -0.2) is 8.42 Å². The van der Waals surface area contributed by atoms with Crippen LogP contribution in [0.25, 0.3) is 21.6 Å². The second-order valence-corrected chi connectivity index (χ2v) is 10.4. The SMILES string of the molecule is CC(O)(CO)Cn1cc(-c2csc(-c3ccc(NS(C)(=O)=O)cc3Cl)c2)ccc1=O. The Morgan fingerprint density at radius 2 is 1.93 bits per heavy atom. The highest BCUT2D eigenvalue weighted by atomic mass is 35.5. The Kier molecular flexibility index (Phi) is 6.40. The maximum atomic E-state index is 12.1. The van der Waals surface area contributed by atoms with Crippen molar-refractivity contribution in [3.63, 3.8) is 0 Å². The van der Waals surface area contributed by atoms with Gasteiger partial charge in [-0.05, 0) is 53.8 Å². The van der Waals surface area contributed by atoms with Gasteiger partial charge in [0.15, 0.2) is 0 Å². The number of nitrogens with one attached hydrogen (secondary N) is 1. The van der Waals surface area contributed by atoms with Gasteiger partial charge in [0.05, 0.1) is 24.4 Å². The van der Waals surface area contributed by atoms with Crippen LogP contribution >= 0.6 is 22.9 Å². The van der Waals surface area contributed by atoms with Crippen LogP contribution in [0.1, 0.15) is 6.92 Å². The van der Waals surface area contributed by atoms with E-state index in [4.69, 9.17) is 11.6 Å². The predicted molar refractivity (Wildman–Crippen MR) is 121 cm³/mol. The lowest BCUT2D eigenvalue weighted by atomic mass is 10.1. The molecule has 0 saturated carbocycles. The van der Waals surface area contributed by atoms with Crippen molar-refractivity contribution in [3.05, 3.63) is 63.4 Å². The molecule has 0 fully saturated rings. The second kappa shape index (κ2) is 8.52. The molecule has 160 valence electrons. The van der Waals surface area contributed by atoms with E-state index in [1.165, 1.54) is 28.9 Å². The summed E-state index contributed by atoms with van der Waals surface area (Å²) in [6, 6.07) is 9.96. The highest BCUT2D eigenvalue weighted by Gasteiger charge is 2.20. The van der Waals surface area contributed by atoms with E-state index in [9.17, 15) is 23.4 Å². The molecule has 0 aliphatic heterocycles. The topological polar surface area (TPSA) is 109 Å². The number of thiophene rings is 1. The zero-order valence-electron chi connectivity index (χ0n) is 16.3. The van der Waals surface area contributed by atoms with Crippen LogP contribution in [0.3, 0.4) is 0 Å². The number of hydrogen-bond donors (Lipinski definition) is 3. The normalized spacial score (nSPS) is 13.8. The molecule has 0 aliphatic rings. The molecular formula is C20H21ClN2O5S2. The number of anilines is 1. The molecule has 3 aromatic rings. The Balaban J connectivity index is 1.91. The van der Waals surface area contributed by atoms with Crippen LogP contribution in [-0.2, 0) is 16.6 Å². The Bertz CT molecular complexity index is 1230. The van der Waals surface area contributed by atoms with Gasteiger partial charge in [-0.15, -0.1) is 11.3 Å². The van der Waals surface area contributed by atoms with E-state index in [1.807, 2.05) is 11.4 Å². The molecule has 0 bridgehead atoms. The molecule has 0 aliphatic carbocycles. The summed E-state index contributed by atoms with van der Waals surface area (Å²) in [6.07, 6.45) is 2.71. The molecule has 3 rings (SSSR count). The van der Waals surface area contributed by atoms with Gasteiger partial charge in [-0.1, -0.05) is 11.6 Å². The van der Waals surface area contributed by atoms with E-state index in [0.29, 0.717) is 10.7 Å². The minimum atomic E-state index is -3.39. The summed E-state index contributed by atoms with van der Waals surface area (Å²) in [7, 11) is -3.39. The van der Waals surface area contributed by atoms with E-state index in [0.717, 1.165) is 27.8 Å². The summed E-state index contributed by atoms with van der Waals surface area (Å²) in [6.45, 7) is 0.960. The van der Waals surface area contributed by atoms with Gasteiger partial charge in [0.2, 0.25) is 10.0 Å². The predicted octanol–water partition coefficient (Wildman–Crippen LogP) is 3.01. The zero-order chi connectivity index (χ0) is 22.1. The third kappa shape index (κ3) is 5.50. The van der Waals surface area contributed by atoms with Crippen molar-refractivity contribution in [1.82, 2.24) is 4.57 Å². The third-order valence-corrected chi connectivity index (χ3v) is 6.19. The third-order valence-electron chi connectivity index (χ3n) is 4.31. The number of aliphatic hydroxyl groups is 2. The first kappa shape index (κ1) is 22.5. The molecule has 0 spiro atoms. The van der Waals surface area contributed by atoms with Crippen LogP contribution in [-0.4, -0.2) is 41.7 Å². The van der Waals surface area contributed by atoms with E-state index < -0.39 is 22.2 Å². The molecule has 2 heterocycles. The van der Waals surface area contributed by atoms with Gasteiger partial charge < -0.3 is 14.8 Å². The lowest BCUT2D eigenvalue weighted by molar-refractivity contribution is -0.0126. The maximum Gasteiger partial charge on any atom is 0.250 e. The number of pyridine rings is 1. The molecule has 1 aromatic carbocycles. The number of aromatic nitrogens is 1. The van der Waals surface area contributed by atoms with Gasteiger partial charge in [0.25, 0.3) is 5.56 Å². The number of sulfonamides is 1. The van der Waals surface area contributed by atoms with E-state index in [-0.39, 0.29) is 12.1 Å². The number of rotatable bonds is 7. The summed E-state index contributed by atoms with van der Waals surface area (Å²) in [4.78, 5) is 13.0. The summed E-state index contributed by atoms with van der Waals surface area (Å²) >= 11 is 7.82. The Morgan fingerprint density at radius 3 is 2.57 bits per heavy atom. The minimum Gasteiger partial charge on any atom is -0.393 e. The van der Waals surface area contributed by atoms with Crippen LogP contribution in [0.15, 0.2) is 52.8 Å². The Labute approximate surface area is 183 Å². The Morgan fingerprint density at radius 1 is 1.20 bits per heavy atom. The first-order valence-corrected chi connectivity index (χ1v) is 12.0. The molecule has 7 nitrogen and oxygen atoms in total. The van der Waals surface area contributed by atoms with Crippen LogP contribution in [0.2, 0.25) is 5.02 Å². The van der Waals surface area contributed by atoms with Crippen molar-refractivity contribution in [2.45, 2.75) is 19.1 Å². The van der Waals surface area contributed by atoms with E-state index in [1.54, 1.807) is 30.5 Å². The van der Waals surface area contributed by atoms with Gasteiger partial charge in [0, 0.05) is 28.4 Å². The van der Waals surface area contributed by atoms with Crippen LogP contribution < -0.4 is 10.3 Å². The molecule has 0 radical (unpaired) electrons. The number of hydrogen-bond acceptors (Lipinski definition) is 6. The van der Waals surface area contributed by atoms with Gasteiger partial charge >= 0.3 is 0 Å². The van der Waals surface area contributed by atoms with Gasteiger partial charge in [-0.3, -0.25) is 9.52 Å². The summed E-state index contributed by atoms with van der Waals surface area (Å²) < 4.78 is 26.5. The second-order valence-electron chi connectivity index (χ2n) is 7.31. The summed E-state index contributed by atoms with van der Waals surface area (Å²) in [5.41, 5.74) is 1.09. The van der Waals surface area contributed by atoms with Crippen molar-refractivity contribution >= 4 is 38.6 Å². The lowest BCUT2D eigenvalue weighted by Crippen LogP contribution is -2.38. The minimum absolute atomic E-state index is 0.0339. The zero-order valence-corrected chi connectivity index (χ0v) is 18.7. The number of aliphatic hydroxyl groups excluding tert-OH is 1. The molecule has 3 N–H and O–H groups in total. The molecule has 1 atom stereocenters. The molecule has 10 heteroatoms. The maximum absolute atomic E-state index is 12.1. The Hall–Kier alpha value is -2.17. The van der Waals surface area contributed by atoms with E-state index in [2.05, 4.69) is 4.72 Å². The smallest absolute Gasteiger partial charge is 0.250 e. The van der Waals surface area contributed by atoms with Crippen LogP contribution in [0.5, 0.6) is 0 Å². The van der Waals surface area contributed by atoms with E-state index >= 15 is 0 Å². The fourth-order valence-corrected chi connectivity index (χ4v) is 4.72. The van der Waals surface area contributed by atoms with Gasteiger partial charge in [0.1, 0.15) is 5.60 Å². The monoisotopic (exact) mass is 468 g/mol. The fourth-order valence-electron chi connectivity index (χ4n) is 2.86. The number of halogens is 1. The molecule has 1 unspecified atom stereocenters. The molecule has 0 saturated heterocycles. The summed E-state index contributed by atoms with van der Waals surface area (Å²) in [5, 5.41) is 21.7.